The standard InChI is InChI=1S/C16H23N3O2/c1-13-5-3-4-6-14(13)16(21)18(2)10-7-15(20)19-11-8-17-9-12-19/h3-6,17H,7-12H2,1-2H3. The molecule has 0 radical (unpaired) electrons. The van der Waals surface area contributed by atoms with E-state index in [1.807, 2.05) is 36.1 Å². The van der Waals surface area contributed by atoms with Gasteiger partial charge in [-0.1, -0.05) is 18.2 Å². The number of aryl methyl sites for hydroxylation is 1. The molecule has 1 N–H and O–H groups in total. The van der Waals surface area contributed by atoms with Gasteiger partial charge in [0.1, 0.15) is 0 Å². The molecular weight excluding hydrogens is 266 g/mol. The Kier molecular flexibility index (Phi) is 5.33. The van der Waals surface area contributed by atoms with Crippen molar-refractivity contribution in [2.24, 2.45) is 0 Å². The van der Waals surface area contributed by atoms with Crippen LogP contribution >= 0.6 is 0 Å². The molecule has 2 amide bonds. The smallest absolute Gasteiger partial charge is 0.253 e. The SMILES string of the molecule is Cc1ccccc1C(=O)N(C)CCC(=O)N1CCNCC1. The van der Waals surface area contributed by atoms with Crippen LogP contribution < -0.4 is 5.32 Å². The summed E-state index contributed by atoms with van der Waals surface area (Å²) in [5, 5.41) is 3.22. The van der Waals surface area contributed by atoms with Crippen molar-refractivity contribution in [1.82, 2.24) is 15.1 Å². The lowest BCUT2D eigenvalue weighted by Crippen LogP contribution is -2.47. The fourth-order valence-corrected chi connectivity index (χ4v) is 2.46. The summed E-state index contributed by atoms with van der Waals surface area (Å²) < 4.78 is 0. The normalized spacial score (nSPS) is 14.9. The Bertz CT molecular complexity index is 510. The van der Waals surface area contributed by atoms with Crippen LogP contribution in [-0.4, -0.2) is 61.4 Å². The fraction of sp³-hybridized carbons (Fsp3) is 0.500. The van der Waals surface area contributed by atoms with E-state index < -0.39 is 0 Å². The predicted molar refractivity (Wildman–Crippen MR) is 82.2 cm³/mol. The summed E-state index contributed by atoms with van der Waals surface area (Å²) in [7, 11) is 1.75. The lowest BCUT2D eigenvalue weighted by Gasteiger charge is -2.28. The third kappa shape index (κ3) is 4.04. The minimum Gasteiger partial charge on any atom is -0.341 e. The second-order valence-electron chi connectivity index (χ2n) is 5.42. The summed E-state index contributed by atoms with van der Waals surface area (Å²) in [6.45, 7) is 5.60. The monoisotopic (exact) mass is 289 g/mol. The van der Waals surface area contributed by atoms with Gasteiger partial charge in [0.15, 0.2) is 0 Å². The van der Waals surface area contributed by atoms with E-state index in [0.29, 0.717) is 18.5 Å². The number of hydrogen-bond acceptors (Lipinski definition) is 3. The first-order chi connectivity index (χ1) is 10.1. The second-order valence-corrected chi connectivity index (χ2v) is 5.42. The number of carbonyl (C=O) groups excluding carboxylic acids is 2. The molecule has 0 spiro atoms. The molecule has 1 saturated heterocycles. The Labute approximate surface area is 125 Å². The summed E-state index contributed by atoms with van der Waals surface area (Å²) in [5.74, 6) is 0.0992. The number of nitrogens with zero attached hydrogens (tertiary/aromatic N) is 2. The Morgan fingerprint density at radius 2 is 1.90 bits per heavy atom. The average Bonchev–Trinajstić information content (AvgIpc) is 2.53. The molecule has 1 aromatic rings. The molecule has 5 nitrogen and oxygen atoms in total. The van der Waals surface area contributed by atoms with Crippen LogP contribution in [0.25, 0.3) is 0 Å². The van der Waals surface area contributed by atoms with E-state index in [0.717, 1.165) is 31.7 Å². The van der Waals surface area contributed by atoms with E-state index in [-0.39, 0.29) is 11.8 Å². The number of hydrogen-bond donors (Lipinski definition) is 1. The minimum atomic E-state index is -0.0267. The van der Waals surface area contributed by atoms with Crippen LogP contribution in [0.3, 0.4) is 0 Å². The number of nitrogens with one attached hydrogen (secondary N) is 1. The maximum absolute atomic E-state index is 12.3. The van der Waals surface area contributed by atoms with Gasteiger partial charge in [0.05, 0.1) is 0 Å². The first-order valence-electron chi connectivity index (χ1n) is 7.39. The van der Waals surface area contributed by atoms with Crippen LogP contribution in [0.1, 0.15) is 22.3 Å². The van der Waals surface area contributed by atoms with E-state index >= 15 is 0 Å². The molecule has 1 fully saturated rings. The van der Waals surface area contributed by atoms with Crippen molar-refractivity contribution in [2.45, 2.75) is 13.3 Å². The lowest BCUT2D eigenvalue weighted by atomic mass is 10.1. The van der Waals surface area contributed by atoms with Crippen molar-refractivity contribution in [3.05, 3.63) is 35.4 Å². The van der Waals surface area contributed by atoms with E-state index in [9.17, 15) is 9.59 Å². The van der Waals surface area contributed by atoms with Gasteiger partial charge in [0, 0.05) is 51.8 Å². The predicted octanol–water partition coefficient (Wildman–Crippen LogP) is 0.889. The van der Waals surface area contributed by atoms with Crippen molar-refractivity contribution in [3.8, 4) is 0 Å². The molecule has 1 aliphatic heterocycles. The zero-order valence-corrected chi connectivity index (χ0v) is 12.8. The van der Waals surface area contributed by atoms with Gasteiger partial charge >= 0.3 is 0 Å². The van der Waals surface area contributed by atoms with Crippen molar-refractivity contribution in [2.75, 3.05) is 39.8 Å². The zero-order chi connectivity index (χ0) is 15.2. The maximum atomic E-state index is 12.3. The molecule has 1 aliphatic rings. The molecule has 0 aliphatic carbocycles. The van der Waals surface area contributed by atoms with Gasteiger partial charge in [-0.2, -0.15) is 0 Å². The molecule has 114 valence electrons. The zero-order valence-electron chi connectivity index (χ0n) is 12.8. The van der Waals surface area contributed by atoms with Gasteiger partial charge in [-0.25, -0.2) is 0 Å². The van der Waals surface area contributed by atoms with Crippen molar-refractivity contribution in [3.63, 3.8) is 0 Å². The molecule has 5 heteroatoms. The molecular formula is C16H23N3O2. The van der Waals surface area contributed by atoms with Gasteiger partial charge in [-0.15, -0.1) is 0 Å². The molecule has 21 heavy (non-hydrogen) atoms. The van der Waals surface area contributed by atoms with Gasteiger partial charge < -0.3 is 15.1 Å². The van der Waals surface area contributed by atoms with Gasteiger partial charge in [0.25, 0.3) is 5.91 Å². The van der Waals surface area contributed by atoms with E-state index in [2.05, 4.69) is 5.32 Å². The largest absolute Gasteiger partial charge is 0.341 e. The van der Waals surface area contributed by atoms with Crippen molar-refractivity contribution < 1.29 is 9.59 Å². The molecule has 0 unspecified atom stereocenters. The number of amides is 2. The number of rotatable bonds is 4. The van der Waals surface area contributed by atoms with Crippen LogP contribution in [0.5, 0.6) is 0 Å². The summed E-state index contributed by atoms with van der Waals surface area (Å²) in [4.78, 5) is 27.9. The van der Waals surface area contributed by atoms with E-state index in [1.54, 1.807) is 11.9 Å². The molecule has 1 aromatic carbocycles. The first-order valence-corrected chi connectivity index (χ1v) is 7.39. The Morgan fingerprint density at radius 3 is 2.57 bits per heavy atom. The molecule has 1 heterocycles. The number of piperazine rings is 1. The average molecular weight is 289 g/mol. The van der Waals surface area contributed by atoms with E-state index in [1.165, 1.54) is 0 Å². The summed E-state index contributed by atoms with van der Waals surface area (Å²) in [6.07, 6.45) is 0.383. The highest BCUT2D eigenvalue weighted by Crippen LogP contribution is 2.10. The van der Waals surface area contributed by atoms with Crippen LogP contribution in [0, 0.1) is 6.92 Å². The molecule has 0 bridgehead atoms. The van der Waals surface area contributed by atoms with Crippen LogP contribution in [0.4, 0.5) is 0 Å². The molecule has 0 saturated carbocycles. The summed E-state index contributed by atoms with van der Waals surface area (Å²) >= 11 is 0. The third-order valence-electron chi connectivity index (χ3n) is 3.85. The quantitative estimate of drug-likeness (QED) is 0.895. The third-order valence-corrected chi connectivity index (χ3v) is 3.85. The summed E-state index contributed by atoms with van der Waals surface area (Å²) in [5.41, 5.74) is 1.66. The number of benzene rings is 1. The molecule has 2 rings (SSSR count). The van der Waals surface area contributed by atoms with Crippen LogP contribution in [0.2, 0.25) is 0 Å². The maximum Gasteiger partial charge on any atom is 0.253 e. The van der Waals surface area contributed by atoms with Gasteiger partial charge in [0.2, 0.25) is 5.91 Å². The second kappa shape index (κ2) is 7.22. The molecule has 0 aromatic heterocycles. The fourth-order valence-electron chi connectivity index (χ4n) is 2.46. The Hall–Kier alpha value is -1.88. The molecule has 0 atom stereocenters. The van der Waals surface area contributed by atoms with Crippen LogP contribution in [0.15, 0.2) is 24.3 Å². The van der Waals surface area contributed by atoms with E-state index in [4.69, 9.17) is 0 Å². The van der Waals surface area contributed by atoms with Crippen molar-refractivity contribution in [1.29, 1.82) is 0 Å². The van der Waals surface area contributed by atoms with Crippen LogP contribution in [-0.2, 0) is 4.79 Å². The highest BCUT2D eigenvalue weighted by atomic mass is 16.2. The topological polar surface area (TPSA) is 52.7 Å². The highest BCUT2D eigenvalue weighted by Gasteiger charge is 2.18. The number of carbonyl (C=O) groups is 2. The Morgan fingerprint density at radius 1 is 1.24 bits per heavy atom. The van der Waals surface area contributed by atoms with Gasteiger partial charge in [-0.05, 0) is 18.6 Å². The summed E-state index contributed by atoms with van der Waals surface area (Å²) in [6, 6.07) is 7.53. The first kappa shape index (κ1) is 15.5. The lowest BCUT2D eigenvalue weighted by molar-refractivity contribution is -0.131. The minimum absolute atomic E-state index is 0.0267. The Balaban J connectivity index is 1.86. The van der Waals surface area contributed by atoms with Gasteiger partial charge in [-0.3, -0.25) is 9.59 Å². The van der Waals surface area contributed by atoms with Crippen molar-refractivity contribution >= 4 is 11.8 Å². The highest BCUT2D eigenvalue weighted by molar-refractivity contribution is 5.95.